The molecule has 0 unspecified atom stereocenters. The Labute approximate surface area is 115 Å². The van der Waals surface area contributed by atoms with Crippen molar-refractivity contribution in [2.24, 2.45) is 4.99 Å². The van der Waals surface area contributed by atoms with Crippen LogP contribution < -0.4 is 0 Å². The van der Waals surface area contributed by atoms with E-state index in [2.05, 4.69) is 16.7 Å². The number of hydrogen-bond donors (Lipinski definition) is 0. The number of nitro benzene ring substituents is 1. The van der Waals surface area contributed by atoms with Crippen molar-refractivity contribution in [1.82, 2.24) is 9.78 Å². The number of allylic oxidation sites excluding steroid dienone is 2. The van der Waals surface area contributed by atoms with Crippen molar-refractivity contribution in [3.05, 3.63) is 58.9 Å². The van der Waals surface area contributed by atoms with Crippen LogP contribution in [0.4, 0.5) is 5.69 Å². The lowest BCUT2D eigenvalue weighted by Gasteiger charge is -2.06. The number of aromatic nitrogens is 2. The Balaban J connectivity index is 2.66. The molecule has 0 bridgehead atoms. The number of fused-ring (bicyclic) bond motifs is 1. The van der Waals surface area contributed by atoms with E-state index < -0.39 is 4.92 Å². The smallest absolute Gasteiger partial charge is 0.258 e. The van der Waals surface area contributed by atoms with Crippen LogP contribution in [0.25, 0.3) is 10.9 Å². The normalized spacial score (nSPS) is 12.2. The van der Waals surface area contributed by atoms with Gasteiger partial charge in [0.15, 0.2) is 5.84 Å². The molecule has 0 fully saturated rings. The molecule has 6 heteroatoms. The highest BCUT2D eigenvalue weighted by molar-refractivity contribution is 6.03. The minimum Gasteiger partial charge on any atom is -0.258 e. The Morgan fingerprint density at radius 2 is 2.30 bits per heavy atom. The van der Waals surface area contributed by atoms with E-state index in [0.717, 1.165) is 11.0 Å². The summed E-state index contributed by atoms with van der Waals surface area (Å²) in [5.41, 5.74) is 1.37. The molecule has 0 aliphatic rings. The average molecular weight is 270 g/mol. The molecule has 6 nitrogen and oxygen atoms in total. The van der Waals surface area contributed by atoms with Gasteiger partial charge in [-0.15, -0.1) is 0 Å². The van der Waals surface area contributed by atoms with E-state index in [1.54, 1.807) is 29.2 Å². The number of benzene rings is 1. The zero-order chi connectivity index (χ0) is 14.7. The third kappa shape index (κ3) is 2.49. The third-order valence-electron chi connectivity index (χ3n) is 2.69. The van der Waals surface area contributed by atoms with Crippen molar-refractivity contribution in [3.63, 3.8) is 0 Å². The summed E-state index contributed by atoms with van der Waals surface area (Å²) in [5.74, 6) is 0.554. The molecule has 20 heavy (non-hydrogen) atoms. The van der Waals surface area contributed by atoms with Crippen LogP contribution in [-0.2, 0) is 0 Å². The summed E-state index contributed by atoms with van der Waals surface area (Å²) >= 11 is 0. The predicted molar refractivity (Wildman–Crippen MR) is 78.8 cm³/mol. The van der Waals surface area contributed by atoms with Gasteiger partial charge < -0.3 is 0 Å². The lowest BCUT2D eigenvalue weighted by atomic mass is 10.2. The standard InChI is InChI=1S/C14H14N4O2/c1-4-7-15-14(10(2)3)17-13-8-12(18(19)20)6-5-11(13)9-16-17/h4-9H,2H2,1,3H3/b7-4-,15-14+. The van der Waals surface area contributed by atoms with Gasteiger partial charge in [-0.3, -0.25) is 10.1 Å². The summed E-state index contributed by atoms with van der Waals surface area (Å²) in [6.07, 6.45) is 5.07. The van der Waals surface area contributed by atoms with Crippen molar-refractivity contribution < 1.29 is 4.92 Å². The molecule has 0 aliphatic heterocycles. The van der Waals surface area contributed by atoms with Crippen molar-refractivity contribution in [2.75, 3.05) is 0 Å². The number of nitrogens with zero attached hydrogens (tertiary/aromatic N) is 4. The predicted octanol–water partition coefficient (Wildman–Crippen LogP) is 3.30. The minimum atomic E-state index is -0.430. The van der Waals surface area contributed by atoms with Crippen LogP contribution in [0.2, 0.25) is 0 Å². The fraction of sp³-hybridized carbons (Fsp3) is 0.143. The summed E-state index contributed by atoms with van der Waals surface area (Å²) in [5, 5.41) is 15.9. The molecule has 1 aromatic carbocycles. The van der Waals surface area contributed by atoms with Gasteiger partial charge in [0, 0.05) is 23.7 Å². The largest absolute Gasteiger partial charge is 0.271 e. The molecule has 0 amide bonds. The zero-order valence-electron chi connectivity index (χ0n) is 11.3. The molecular weight excluding hydrogens is 256 g/mol. The van der Waals surface area contributed by atoms with Crippen LogP contribution in [0.15, 0.2) is 53.8 Å². The third-order valence-corrected chi connectivity index (χ3v) is 2.69. The molecule has 0 aliphatic carbocycles. The maximum Gasteiger partial charge on any atom is 0.271 e. The summed E-state index contributed by atoms with van der Waals surface area (Å²) in [6.45, 7) is 7.53. The van der Waals surface area contributed by atoms with Crippen LogP contribution >= 0.6 is 0 Å². The topological polar surface area (TPSA) is 73.3 Å². The molecule has 102 valence electrons. The highest BCUT2D eigenvalue weighted by atomic mass is 16.6. The Morgan fingerprint density at radius 3 is 2.90 bits per heavy atom. The molecule has 0 saturated heterocycles. The van der Waals surface area contributed by atoms with Crippen LogP contribution in [-0.4, -0.2) is 20.5 Å². The van der Waals surface area contributed by atoms with E-state index in [0.29, 0.717) is 11.4 Å². The van der Waals surface area contributed by atoms with Crippen LogP contribution in [0.1, 0.15) is 13.8 Å². The molecule has 0 saturated carbocycles. The molecule has 0 atom stereocenters. The molecule has 2 rings (SSSR count). The first kappa shape index (κ1) is 13.7. The summed E-state index contributed by atoms with van der Waals surface area (Å²) in [6, 6.07) is 4.61. The van der Waals surface area contributed by atoms with Crippen molar-refractivity contribution in [1.29, 1.82) is 0 Å². The first-order valence-electron chi connectivity index (χ1n) is 6.02. The van der Waals surface area contributed by atoms with Gasteiger partial charge in [-0.25, -0.2) is 9.67 Å². The Morgan fingerprint density at radius 1 is 1.55 bits per heavy atom. The van der Waals surface area contributed by atoms with Crippen molar-refractivity contribution in [2.45, 2.75) is 13.8 Å². The van der Waals surface area contributed by atoms with Crippen LogP contribution in [0.5, 0.6) is 0 Å². The Hall–Kier alpha value is -2.76. The number of non-ortho nitro benzene ring substituents is 1. The van der Waals surface area contributed by atoms with Gasteiger partial charge in [0.2, 0.25) is 0 Å². The van der Waals surface area contributed by atoms with E-state index in [1.165, 1.54) is 12.1 Å². The van der Waals surface area contributed by atoms with Gasteiger partial charge in [-0.05, 0) is 25.5 Å². The van der Waals surface area contributed by atoms with E-state index in [9.17, 15) is 10.1 Å². The Bertz CT molecular complexity index is 741. The molecule has 1 aromatic heterocycles. The average Bonchev–Trinajstić information content (AvgIpc) is 2.82. The monoisotopic (exact) mass is 270 g/mol. The Kier molecular flexibility index (Phi) is 3.74. The second-order valence-corrected chi connectivity index (χ2v) is 4.27. The van der Waals surface area contributed by atoms with E-state index >= 15 is 0 Å². The maximum atomic E-state index is 10.9. The van der Waals surface area contributed by atoms with Crippen LogP contribution in [0.3, 0.4) is 0 Å². The minimum absolute atomic E-state index is 0.0198. The van der Waals surface area contributed by atoms with E-state index in [4.69, 9.17) is 0 Å². The first-order valence-corrected chi connectivity index (χ1v) is 6.02. The molecule has 0 spiro atoms. The highest BCUT2D eigenvalue weighted by Crippen LogP contribution is 2.21. The van der Waals surface area contributed by atoms with Crippen molar-refractivity contribution >= 4 is 22.4 Å². The van der Waals surface area contributed by atoms with E-state index in [1.807, 2.05) is 13.8 Å². The fourth-order valence-electron chi connectivity index (χ4n) is 1.78. The second-order valence-electron chi connectivity index (χ2n) is 4.27. The van der Waals surface area contributed by atoms with Gasteiger partial charge in [-0.1, -0.05) is 12.7 Å². The second kappa shape index (κ2) is 5.48. The van der Waals surface area contributed by atoms with E-state index in [-0.39, 0.29) is 5.69 Å². The SMILES string of the molecule is C=C(C)/C(=N\C=C/C)n1ncc2ccc([N+](=O)[O-])cc21. The zero-order valence-corrected chi connectivity index (χ0v) is 11.3. The summed E-state index contributed by atoms with van der Waals surface area (Å²) < 4.78 is 1.56. The molecule has 1 heterocycles. The van der Waals surface area contributed by atoms with Gasteiger partial charge in [0.1, 0.15) is 0 Å². The quantitative estimate of drug-likeness (QED) is 0.372. The molecule has 0 N–H and O–H groups in total. The van der Waals surface area contributed by atoms with Gasteiger partial charge >= 0.3 is 0 Å². The number of aliphatic imine (C=N–C) groups is 1. The molecular formula is C14H14N4O2. The maximum absolute atomic E-state index is 10.9. The van der Waals surface area contributed by atoms with Gasteiger partial charge in [0.25, 0.3) is 5.69 Å². The lowest BCUT2D eigenvalue weighted by Crippen LogP contribution is -2.14. The van der Waals surface area contributed by atoms with Crippen molar-refractivity contribution in [3.8, 4) is 0 Å². The first-order chi connectivity index (χ1) is 9.54. The van der Waals surface area contributed by atoms with Gasteiger partial charge in [0.05, 0.1) is 16.6 Å². The lowest BCUT2D eigenvalue weighted by molar-refractivity contribution is -0.384. The number of rotatable bonds is 3. The fourth-order valence-corrected chi connectivity index (χ4v) is 1.78. The molecule has 0 radical (unpaired) electrons. The summed E-state index contributed by atoms with van der Waals surface area (Å²) in [7, 11) is 0. The molecule has 2 aromatic rings. The van der Waals surface area contributed by atoms with Gasteiger partial charge in [-0.2, -0.15) is 5.10 Å². The van der Waals surface area contributed by atoms with Crippen LogP contribution in [0, 0.1) is 10.1 Å². The number of nitro groups is 1. The summed E-state index contributed by atoms with van der Waals surface area (Å²) in [4.78, 5) is 14.7. The highest BCUT2D eigenvalue weighted by Gasteiger charge is 2.13. The number of hydrogen-bond acceptors (Lipinski definition) is 4.